The molecule has 0 bridgehead atoms. The van der Waals surface area contributed by atoms with Crippen LogP contribution in [0.25, 0.3) is 0 Å². The first-order valence-electron chi connectivity index (χ1n) is 6.05. The molecule has 1 fully saturated rings. The number of hydrogen-bond donors (Lipinski definition) is 2. The van der Waals surface area contributed by atoms with E-state index in [-0.39, 0.29) is 24.2 Å². The second-order valence-electron chi connectivity index (χ2n) is 4.87. The first kappa shape index (κ1) is 17.2. The fourth-order valence-corrected chi connectivity index (χ4v) is 1.77. The summed E-state index contributed by atoms with van der Waals surface area (Å²) in [4.78, 5) is 23.7. The van der Waals surface area contributed by atoms with Crippen molar-refractivity contribution in [2.75, 3.05) is 20.2 Å². The Labute approximate surface area is 114 Å². The van der Waals surface area contributed by atoms with Crippen LogP contribution in [-0.2, 0) is 14.3 Å². The van der Waals surface area contributed by atoms with Gasteiger partial charge in [0.1, 0.15) is 5.54 Å². The first-order chi connectivity index (χ1) is 7.94. The second-order valence-corrected chi connectivity index (χ2v) is 4.87. The molecule has 1 amide bonds. The molecule has 0 spiro atoms. The summed E-state index contributed by atoms with van der Waals surface area (Å²) >= 11 is 0. The van der Waals surface area contributed by atoms with Crippen LogP contribution in [0.15, 0.2) is 0 Å². The molecule has 0 saturated carbocycles. The van der Waals surface area contributed by atoms with E-state index in [1.54, 1.807) is 6.92 Å². The molecule has 106 valence electrons. The number of esters is 1. The summed E-state index contributed by atoms with van der Waals surface area (Å²) in [7, 11) is 1.33. The summed E-state index contributed by atoms with van der Waals surface area (Å²) in [5.74, 6) is -0.181. The lowest BCUT2D eigenvalue weighted by molar-refractivity contribution is -0.151. The van der Waals surface area contributed by atoms with Gasteiger partial charge in [0.25, 0.3) is 0 Å². The van der Waals surface area contributed by atoms with Crippen molar-refractivity contribution in [2.24, 2.45) is 11.8 Å². The Kier molecular flexibility index (Phi) is 6.63. The highest BCUT2D eigenvalue weighted by molar-refractivity contribution is 5.88. The van der Waals surface area contributed by atoms with Crippen LogP contribution in [0, 0.1) is 11.8 Å². The number of amides is 1. The maximum atomic E-state index is 12.0. The minimum Gasteiger partial charge on any atom is -0.467 e. The van der Waals surface area contributed by atoms with Gasteiger partial charge in [-0.1, -0.05) is 13.8 Å². The Morgan fingerprint density at radius 3 is 2.39 bits per heavy atom. The maximum absolute atomic E-state index is 12.0. The van der Waals surface area contributed by atoms with Gasteiger partial charge in [0.05, 0.1) is 7.11 Å². The minimum absolute atomic E-state index is 0. The quantitative estimate of drug-likeness (QED) is 0.728. The summed E-state index contributed by atoms with van der Waals surface area (Å²) in [5, 5.41) is 5.94. The molecule has 0 aromatic rings. The van der Waals surface area contributed by atoms with Crippen molar-refractivity contribution in [3.05, 3.63) is 0 Å². The Morgan fingerprint density at radius 2 is 2.06 bits per heavy atom. The number of carbonyl (C=O) groups excluding carboxylic acids is 2. The zero-order chi connectivity index (χ0) is 13.1. The average Bonchev–Trinajstić information content (AvgIpc) is 2.25. The Bertz CT molecular complexity index is 308. The predicted molar refractivity (Wildman–Crippen MR) is 71.6 cm³/mol. The van der Waals surface area contributed by atoms with Crippen molar-refractivity contribution >= 4 is 24.3 Å². The van der Waals surface area contributed by atoms with Crippen molar-refractivity contribution in [3.63, 3.8) is 0 Å². The summed E-state index contributed by atoms with van der Waals surface area (Å²) < 4.78 is 4.72. The van der Waals surface area contributed by atoms with Gasteiger partial charge in [-0.25, -0.2) is 4.79 Å². The highest BCUT2D eigenvalue weighted by atomic mass is 35.5. The molecule has 0 aromatic carbocycles. The standard InChI is InChI=1S/C12H22N2O3.ClH/c1-5-12(3,11(16)17-4)14-10(15)8(2)9-6-13-7-9;/h8-9,13H,5-7H2,1-4H3,(H,14,15);1H. The fourth-order valence-electron chi connectivity index (χ4n) is 1.77. The van der Waals surface area contributed by atoms with Gasteiger partial charge in [0.2, 0.25) is 5.91 Å². The molecule has 1 aliphatic rings. The van der Waals surface area contributed by atoms with E-state index in [1.807, 2.05) is 13.8 Å². The average molecular weight is 279 g/mol. The molecular formula is C12H23ClN2O3. The molecule has 1 saturated heterocycles. The number of rotatable bonds is 5. The van der Waals surface area contributed by atoms with Crippen LogP contribution in [0.1, 0.15) is 27.2 Å². The molecule has 1 heterocycles. The number of nitrogens with one attached hydrogen (secondary N) is 2. The lowest BCUT2D eigenvalue weighted by Gasteiger charge is -2.34. The van der Waals surface area contributed by atoms with E-state index in [1.165, 1.54) is 7.11 Å². The predicted octanol–water partition coefficient (Wildman–Crippen LogP) is 0.722. The maximum Gasteiger partial charge on any atom is 0.331 e. The van der Waals surface area contributed by atoms with Gasteiger partial charge in [0, 0.05) is 5.92 Å². The zero-order valence-electron chi connectivity index (χ0n) is 11.4. The van der Waals surface area contributed by atoms with Crippen molar-refractivity contribution in [3.8, 4) is 0 Å². The first-order valence-corrected chi connectivity index (χ1v) is 6.05. The third-order valence-corrected chi connectivity index (χ3v) is 3.68. The Balaban J connectivity index is 0.00000289. The Morgan fingerprint density at radius 1 is 1.50 bits per heavy atom. The van der Waals surface area contributed by atoms with Gasteiger partial charge >= 0.3 is 5.97 Å². The number of ether oxygens (including phenoxy) is 1. The minimum atomic E-state index is -0.919. The van der Waals surface area contributed by atoms with Crippen LogP contribution in [0.3, 0.4) is 0 Å². The zero-order valence-corrected chi connectivity index (χ0v) is 12.2. The monoisotopic (exact) mass is 278 g/mol. The van der Waals surface area contributed by atoms with Gasteiger partial charge < -0.3 is 15.4 Å². The van der Waals surface area contributed by atoms with Crippen molar-refractivity contribution in [1.82, 2.24) is 10.6 Å². The highest BCUT2D eigenvalue weighted by Gasteiger charge is 2.37. The summed E-state index contributed by atoms with van der Waals surface area (Å²) in [6, 6.07) is 0. The normalized spacial score (nSPS) is 19.8. The van der Waals surface area contributed by atoms with E-state index in [9.17, 15) is 9.59 Å². The number of halogens is 1. The third kappa shape index (κ3) is 3.59. The molecule has 0 aromatic heterocycles. The van der Waals surface area contributed by atoms with Crippen LogP contribution < -0.4 is 10.6 Å². The fraction of sp³-hybridized carbons (Fsp3) is 0.833. The largest absolute Gasteiger partial charge is 0.467 e. The van der Waals surface area contributed by atoms with Crippen LogP contribution in [0.4, 0.5) is 0 Å². The summed E-state index contributed by atoms with van der Waals surface area (Å²) in [6.07, 6.45) is 0.515. The topological polar surface area (TPSA) is 67.4 Å². The molecular weight excluding hydrogens is 256 g/mol. The van der Waals surface area contributed by atoms with E-state index >= 15 is 0 Å². The highest BCUT2D eigenvalue weighted by Crippen LogP contribution is 2.19. The van der Waals surface area contributed by atoms with Crippen LogP contribution in [0.5, 0.6) is 0 Å². The smallest absolute Gasteiger partial charge is 0.331 e. The molecule has 5 nitrogen and oxygen atoms in total. The lowest BCUT2D eigenvalue weighted by Crippen LogP contribution is -2.57. The molecule has 2 unspecified atom stereocenters. The third-order valence-electron chi connectivity index (χ3n) is 3.68. The van der Waals surface area contributed by atoms with E-state index in [0.717, 1.165) is 13.1 Å². The van der Waals surface area contributed by atoms with Crippen LogP contribution in [-0.4, -0.2) is 37.6 Å². The molecule has 0 aliphatic carbocycles. The van der Waals surface area contributed by atoms with E-state index < -0.39 is 11.5 Å². The van der Waals surface area contributed by atoms with Gasteiger partial charge in [-0.2, -0.15) is 0 Å². The number of methoxy groups -OCH3 is 1. The molecule has 2 N–H and O–H groups in total. The molecule has 2 atom stereocenters. The lowest BCUT2D eigenvalue weighted by atomic mass is 9.87. The van der Waals surface area contributed by atoms with Gasteiger partial charge in [-0.05, 0) is 32.4 Å². The van der Waals surface area contributed by atoms with E-state index in [4.69, 9.17) is 4.74 Å². The number of carbonyl (C=O) groups is 2. The van der Waals surface area contributed by atoms with Gasteiger partial charge in [-0.15, -0.1) is 12.4 Å². The molecule has 6 heteroatoms. The van der Waals surface area contributed by atoms with Crippen LogP contribution >= 0.6 is 12.4 Å². The SMILES string of the molecule is CCC(C)(NC(=O)C(C)C1CNC1)C(=O)OC.Cl. The molecule has 1 rings (SSSR count). The van der Waals surface area contributed by atoms with E-state index in [2.05, 4.69) is 10.6 Å². The second kappa shape index (κ2) is 6.95. The molecule has 0 radical (unpaired) electrons. The van der Waals surface area contributed by atoms with Crippen molar-refractivity contribution in [2.45, 2.75) is 32.7 Å². The number of hydrogen-bond acceptors (Lipinski definition) is 4. The van der Waals surface area contributed by atoms with Crippen LogP contribution in [0.2, 0.25) is 0 Å². The van der Waals surface area contributed by atoms with Gasteiger partial charge in [-0.3, -0.25) is 4.79 Å². The molecule has 1 aliphatic heterocycles. The van der Waals surface area contributed by atoms with Crippen molar-refractivity contribution in [1.29, 1.82) is 0 Å². The Hall–Kier alpha value is -0.810. The van der Waals surface area contributed by atoms with E-state index in [0.29, 0.717) is 12.3 Å². The summed E-state index contributed by atoms with van der Waals surface area (Å²) in [6.45, 7) is 7.19. The molecule has 18 heavy (non-hydrogen) atoms. The van der Waals surface area contributed by atoms with Crippen molar-refractivity contribution < 1.29 is 14.3 Å². The van der Waals surface area contributed by atoms with Gasteiger partial charge in [0.15, 0.2) is 0 Å². The summed E-state index contributed by atoms with van der Waals surface area (Å²) in [5.41, 5.74) is -0.919.